The van der Waals surface area contributed by atoms with E-state index in [1.54, 1.807) is 30.2 Å². The number of hydrogen-bond acceptors (Lipinski definition) is 4. The average Bonchev–Trinajstić information content (AvgIpc) is 2.95. The number of methoxy groups -OCH3 is 1. The average molecular weight is 527 g/mol. The fraction of sp³-hybridized carbons (Fsp3) is 0.533. The zero-order chi connectivity index (χ0) is 27.2. The van der Waals surface area contributed by atoms with Crippen LogP contribution in [-0.2, 0) is 6.54 Å². The van der Waals surface area contributed by atoms with E-state index in [1.165, 1.54) is 37.8 Å². The van der Waals surface area contributed by atoms with E-state index in [0.717, 1.165) is 31.5 Å². The number of unbranched alkanes of at least 4 members (excludes halogenated alkanes) is 5. The summed E-state index contributed by atoms with van der Waals surface area (Å²) in [6.45, 7) is 7.34. The zero-order valence-corrected chi connectivity index (χ0v) is 23.0. The van der Waals surface area contributed by atoms with Crippen molar-refractivity contribution in [3.05, 3.63) is 65.5 Å². The number of rotatable bonds is 14. The second-order valence-electron chi connectivity index (χ2n) is 9.91. The highest BCUT2D eigenvalue weighted by Gasteiger charge is 2.23. The highest BCUT2D eigenvalue weighted by molar-refractivity contribution is 5.94. The molecular formula is C30H43FN4O3. The molecule has 1 N–H and O–H groups in total. The molecule has 0 unspecified atom stereocenters. The molecule has 1 aliphatic rings. The number of carbonyl (C=O) groups is 2. The quantitative estimate of drug-likeness (QED) is 0.345. The lowest BCUT2D eigenvalue weighted by Crippen LogP contribution is -2.51. The van der Waals surface area contributed by atoms with Gasteiger partial charge in [-0.25, -0.2) is 9.18 Å². The Kier molecular flexibility index (Phi) is 12.4. The van der Waals surface area contributed by atoms with Gasteiger partial charge in [-0.15, -0.1) is 0 Å². The molecule has 3 amide bonds. The van der Waals surface area contributed by atoms with Gasteiger partial charge >= 0.3 is 6.03 Å². The summed E-state index contributed by atoms with van der Waals surface area (Å²) in [7, 11) is 1.59. The SMILES string of the molecule is CCCCCCCCNC(=O)N(CCN1CCN(C(=O)c2cccc(OC)c2)CC1)Cc1ccc(F)cc1. The summed E-state index contributed by atoms with van der Waals surface area (Å²) in [5.74, 6) is 0.398. The number of carbonyl (C=O) groups excluding carboxylic acids is 2. The number of halogens is 1. The molecule has 7 nitrogen and oxygen atoms in total. The first-order valence-corrected chi connectivity index (χ1v) is 13.9. The van der Waals surface area contributed by atoms with E-state index >= 15 is 0 Å². The molecule has 2 aromatic carbocycles. The van der Waals surface area contributed by atoms with Crippen molar-refractivity contribution in [1.82, 2.24) is 20.0 Å². The van der Waals surface area contributed by atoms with Crippen molar-refractivity contribution in [1.29, 1.82) is 0 Å². The maximum absolute atomic E-state index is 13.4. The van der Waals surface area contributed by atoms with Gasteiger partial charge in [-0.1, -0.05) is 57.2 Å². The summed E-state index contributed by atoms with van der Waals surface area (Å²) in [6.07, 6.45) is 7.04. The van der Waals surface area contributed by atoms with Crippen LogP contribution in [0.1, 0.15) is 61.4 Å². The Morgan fingerprint density at radius 2 is 1.68 bits per heavy atom. The molecule has 0 bridgehead atoms. The Morgan fingerprint density at radius 3 is 2.39 bits per heavy atom. The number of urea groups is 1. The minimum Gasteiger partial charge on any atom is -0.497 e. The van der Waals surface area contributed by atoms with Gasteiger partial charge in [0.05, 0.1) is 7.11 Å². The Labute approximate surface area is 226 Å². The Hall–Kier alpha value is -3.13. The smallest absolute Gasteiger partial charge is 0.317 e. The predicted molar refractivity (Wildman–Crippen MR) is 149 cm³/mol. The molecule has 1 fully saturated rings. The number of nitrogens with zero attached hydrogens (tertiary/aromatic N) is 3. The van der Waals surface area contributed by atoms with E-state index in [0.29, 0.717) is 50.6 Å². The molecule has 8 heteroatoms. The van der Waals surface area contributed by atoms with Gasteiger partial charge in [0, 0.05) is 57.9 Å². The standard InChI is InChI=1S/C30H43FN4O3/c1-3-4-5-6-7-8-16-32-30(37)35(24-25-12-14-27(31)15-13-25)22-19-33-17-20-34(21-18-33)29(36)26-10-9-11-28(23-26)38-2/h9-15,23H,3-8,16-22,24H2,1-2H3,(H,32,37). The molecule has 208 valence electrons. The van der Waals surface area contributed by atoms with Crippen LogP contribution in [0.3, 0.4) is 0 Å². The highest BCUT2D eigenvalue weighted by atomic mass is 19.1. The molecule has 0 aliphatic carbocycles. The first kappa shape index (κ1) is 29.4. The lowest BCUT2D eigenvalue weighted by Gasteiger charge is -2.36. The van der Waals surface area contributed by atoms with Crippen LogP contribution >= 0.6 is 0 Å². The molecule has 1 heterocycles. The van der Waals surface area contributed by atoms with Gasteiger partial charge in [0.25, 0.3) is 5.91 Å². The minimum atomic E-state index is -0.283. The molecule has 1 saturated heterocycles. The summed E-state index contributed by atoms with van der Waals surface area (Å²) in [6, 6.07) is 13.5. The second kappa shape index (κ2) is 16.0. The van der Waals surface area contributed by atoms with E-state index in [9.17, 15) is 14.0 Å². The third-order valence-corrected chi connectivity index (χ3v) is 7.04. The van der Waals surface area contributed by atoms with Gasteiger partial charge in [0.1, 0.15) is 11.6 Å². The first-order chi connectivity index (χ1) is 18.5. The molecule has 0 atom stereocenters. The van der Waals surface area contributed by atoms with Crippen molar-refractivity contribution in [3.63, 3.8) is 0 Å². The van der Waals surface area contributed by atoms with Crippen molar-refractivity contribution in [3.8, 4) is 5.75 Å². The van der Waals surface area contributed by atoms with Crippen LogP contribution in [-0.4, -0.2) is 79.6 Å². The summed E-state index contributed by atoms with van der Waals surface area (Å²) >= 11 is 0. The molecule has 0 radical (unpaired) electrons. The predicted octanol–water partition coefficient (Wildman–Crippen LogP) is 5.16. The van der Waals surface area contributed by atoms with Crippen molar-refractivity contribution in [2.24, 2.45) is 0 Å². The Bertz CT molecular complexity index is 993. The van der Waals surface area contributed by atoms with Gasteiger partial charge in [-0.2, -0.15) is 0 Å². The second-order valence-corrected chi connectivity index (χ2v) is 9.91. The number of ether oxygens (including phenoxy) is 1. The van der Waals surface area contributed by atoms with Crippen LogP contribution in [0.4, 0.5) is 9.18 Å². The molecule has 0 spiro atoms. The van der Waals surface area contributed by atoms with Crippen LogP contribution in [0.5, 0.6) is 5.75 Å². The van der Waals surface area contributed by atoms with Crippen LogP contribution in [0.2, 0.25) is 0 Å². The van der Waals surface area contributed by atoms with Gasteiger partial charge in [-0.05, 0) is 42.3 Å². The molecule has 38 heavy (non-hydrogen) atoms. The summed E-state index contributed by atoms with van der Waals surface area (Å²) < 4.78 is 18.6. The van der Waals surface area contributed by atoms with Crippen LogP contribution in [0, 0.1) is 5.82 Å². The lowest BCUT2D eigenvalue weighted by molar-refractivity contribution is 0.0627. The van der Waals surface area contributed by atoms with E-state index in [2.05, 4.69) is 17.1 Å². The molecular weight excluding hydrogens is 483 g/mol. The summed E-state index contributed by atoms with van der Waals surface area (Å²) in [5.41, 5.74) is 1.53. The van der Waals surface area contributed by atoms with Crippen LogP contribution in [0.15, 0.2) is 48.5 Å². The molecule has 0 saturated carbocycles. The van der Waals surface area contributed by atoms with Gasteiger partial charge in [0.2, 0.25) is 0 Å². The van der Waals surface area contributed by atoms with Crippen molar-refractivity contribution in [2.45, 2.75) is 52.0 Å². The van der Waals surface area contributed by atoms with Crippen LogP contribution < -0.4 is 10.1 Å². The van der Waals surface area contributed by atoms with Gasteiger partial charge in [-0.3, -0.25) is 9.69 Å². The van der Waals surface area contributed by atoms with E-state index in [4.69, 9.17) is 4.74 Å². The van der Waals surface area contributed by atoms with Crippen molar-refractivity contribution < 1.29 is 18.7 Å². The first-order valence-electron chi connectivity index (χ1n) is 13.9. The van der Waals surface area contributed by atoms with Gasteiger partial charge < -0.3 is 19.9 Å². The van der Waals surface area contributed by atoms with Crippen molar-refractivity contribution in [2.75, 3.05) is 52.9 Å². The van der Waals surface area contributed by atoms with Crippen molar-refractivity contribution >= 4 is 11.9 Å². The summed E-state index contributed by atoms with van der Waals surface area (Å²) in [4.78, 5) is 31.9. The van der Waals surface area contributed by atoms with E-state index < -0.39 is 0 Å². The maximum Gasteiger partial charge on any atom is 0.317 e. The largest absolute Gasteiger partial charge is 0.497 e. The third-order valence-electron chi connectivity index (χ3n) is 7.04. The fourth-order valence-electron chi connectivity index (χ4n) is 4.65. The molecule has 3 rings (SSSR count). The normalized spacial score (nSPS) is 13.8. The molecule has 1 aliphatic heterocycles. The lowest BCUT2D eigenvalue weighted by atomic mass is 10.1. The molecule has 0 aromatic heterocycles. The number of hydrogen-bond donors (Lipinski definition) is 1. The van der Waals surface area contributed by atoms with E-state index in [-0.39, 0.29) is 17.8 Å². The number of amides is 3. The van der Waals surface area contributed by atoms with Gasteiger partial charge in [0.15, 0.2) is 0 Å². The molecule has 2 aromatic rings. The maximum atomic E-state index is 13.4. The zero-order valence-electron chi connectivity index (χ0n) is 23.0. The summed E-state index contributed by atoms with van der Waals surface area (Å²) in [5, 5.41) is 3.07. The van der Waals surface area contributed by atoms with Crippen LogP contribution in [0.25, 0.3) is 0 Å². The Morgan fingerprint density at radius 1 is 0.974 bits per heavy atom. The third kappa shape index (κ3) is 9.63. The number of piperazine rings is 1. The highest BCUT2D eigenvalue weighted by Crippen LogP contribution is 2.16. The number of nitrogens with one attached hydrogen (secondary N) is 1. The fourth-order valence-corrected chi connectivity index (χ4v) is 4.65. The number of benzene rings is 2. The van der Waals surface area contributed by atoms with E-state index in [1.807, 2.05) is 23.1 Å². The Balaban J connectivity index is 1.48. The monoisotopic (exact) mass is 526 g/mol. The topological polar surface area (TPSA) is 65.1 Å². The minimum absolute atomic E-state index is 0.00978.